The second-order valence-corrected chi connectivity index (χ2v) is 4.69. The average molecular weight is 214 g/mol. The molecule has 0 radical (unpaired) electrons. The molecule has 90 valence electrons. The van der Waals surface area contributed by atoms with Gasteiger partial charge < -0.3 is 15.8 Å². The normalized spacial score (nSPS) is 28.2. The molecule has 15 heavy (non-hydrogen) atoms. The summed E-state index contributed by atoms with van der Waals surface area (Å²) in [5, 5.41) is 3.51. The van der Waals surface area contributed by atoms with Gasteiger partial charge in [0.05, 0.1) is 6.10 Å². The molecule has 1 rings (SSSR count). The van der Waals surface area contributed by atoms with Crippen molar-refractivity contribution in [2.24, 2.45) is 11.7 Å². The van der Waals surface area contributed by atoms with Crippen LogP contribution < -0.4 is 11.1 Å². The first kappa shape index (κ1) is 12.9. The highest BCUT2D eigenvalue weighted by atomic mass is 16.5. The third-order valence-electron chi connectivity index (χ3n) is 3.17. The van der Waals surface area contributed by atoms with Crippen molar-refractivity contribution in [3.63, 3.8) is 0 Å². The van der Waals surface area contributed by atoms with Gasteiger partial charge in [-0.2, -0.15) is 0 Å². The molecule has 1 fully saturated rings. The molecule has 0 amide bonds. The lowest BCUT2D eigenvalue weighted by atomic mass is 10.00. The number of nitrogens with one attached hydrogen (secondary N) is 1. The number of hydrogen-bond acceptors (Lipinski definition) is 3. The Balaban J connectivity index is 1.99. The molecule has 0 aromatic carbocycles. The second kappa shape index (κ2) is 7.20. The van der Waals surface area contributed by atoms with Crippen molar-refractivity contribution < 1.29 is 4.74 Å². The number of ether oxygens (including phenoxy) is 1. The molecule has 3 N–H and O–H groups in total. The Bertz CT molecular complexity index is 162. The monoisotopic (exact) mass is 214 g/mol. The molecule has 0 bridgehead atoms. The molecule has 0 aromatic heterocycles. The lowest BCUT2D eigenvalue weighted by molar-refractivity contribution is 0.0873. The summed E-state index contributed by atoms with van der Waals surface area (Å²) in [6.07, 6.45) is 5.16. The zero-order valence-electron chi connectivity index (χ0n) is 10.2. The van der Waals surface area contributed by atoms with E-state index in [0.717, 1.165) is 38.5 Å². The first-order valence-corrected chi connectivity index (χ1v) is 6.32. The van der Waals surface area contributed by atoms with Crippen molar-refractivity contribution in [1.29, 1.82) is 0 Å². The van der Waals surface area contributed by atoms with E-state index < -0.39 is 0 Å². The van der Waals surface area contributed by atoms with Crippen LogP contribution in [0.4, 0.5) is 0 Å². The SMILES string of the molecule is CCC1OCCC1CNCCCC(C)N. The van der Waals surface area contributed by atoms with Crippen LogP contribution >= 0.6 is 0 Å². The summed E-state index contributed by atoms with van der Waals surface area (Å²) < 4.78 is 5.65. The van der Waals surface area contributed by atoms with E-state index in [2.05, 4.69) is 19.2 Å². The maximum Gasteiger partial charge on any atom is 0.0613 e. The largest absolute Gasteiger partial charge is 0.378 e. The van der Waals surface area contributed by atoms with Gasteiger partial charge in [-0.3, -0.25) is 0 Å². The van der Waals surface area contributed by atoms with Gasteiger partial charge in [-0.05, 0) is 45.1 Å². The third-order valence-corrected chi connectivity index (χ3v) is 3.17. The fraction of sp³-hybridized carbons (Fsp3) is 1.00. The summed E-state index contributed by atoms with van der Waals surface area (Å²) in [5.41, 5.74) is 5.69. The molecule has 0 saturated carbocycles. The molecule has 1 aliphatic rings. The number of hydrogen-bond donors (Lipinski definition) is 2. The molecule has 0 aliphatic carbocycles. The van der Waals surface area contributed by atoms with E-state index in [0.29, 0.717) is 12.1 Å². The molecule has 3 unspecified atom stereocenters. The minimum atomic E-state index is 0.338. The van der Waals surface area contributed by atoms with Crippen LogP contribution in [0.5, 0.6) is 0 Å². The van der Waals surface area contributed by atoms with Crippen LogP contribution in [0.1, 0.15) is 39.5 Å². The van der Waals surface area contributed by atoms with Crippen LogP contribution in [-0.4, -0.2) is 31.8 Å². The van der Waals surface area contributed by atoms with E-state index in [9.17, 15) is 0 Å². The predicted octanol–water partition coefficient (Wildman–Crippen LogP) is 1.52. The van der Waals surface area contributed by atoms with Crippen molar-refractivity contribution in [3.8, 4) is 0 Å². The zero-order valence-corrected chi connectivity index (χ0v) is 10.2. The predicted molar refractivity (Wildman–Crippen MR) is 63.9 cm³/mol. The van der Waals surface area contributed by atoms with Crippen LogP contribution in [0, 0.1) is 5.92 Å². The average Bonchev–Trinajstić information content (AvgIpc) is 2.64. The number of nitrogens with two attached hydrogens (primary N) is 1. The summed E-state index contributed by atoms with van der Waals surface area (Å²) >= 11 is 0. The molecule has 0 aromatic rings. The Morgan fingerprint density at radius 1 is 1.53 bits per heavy atom. The van der Waals surface area contributed by atoms with Gasteiger partial charge in [0.15, 0.2) is 0 Å². The minimum absolute atomic E-state index is 0.338. The first-order chi connectivity index (χ1) is 7.24. The Hall–Kier alpha value is -0.120. The van der Waals surface area contributed by atoms with Crippen LogP contribution in [0.3, 0.4) is 0 Å². The van der Waals surface area contributed by atoms with E-state index in [4.69, 9.17) is 10.5 Å². The summed E-state index contributed by atoms with van der Waals surface area (Å²) in [6.45, 7) is 7.42. The topological polar surface area (TPSA) is 47.3 Å². The van der Waals surface area contributed by atoms with Crippen LogP contribution in [-0.2, 0) is 4.74 Å². The smallest absolute Gasteiger partial charge is 0.0613 e. The van der Waals surface area contributed by atoms with E-state index in [1.165, 1.54) is 12.8 Å². The Morgan fingerprint density at radius 2 is 2.33 bits per heavy atom. The van der Waals surface area contributed by atoms with Crippen molar-refractivity contribution in [2.45, 2.75) is 51.7 Å². The van der Waals surface area contributed by atoms with E-state index >= 15 is 0 Å². The van der Waals surface area contributed by atoms with Crippen molar-refractivity contribution >= 4 is 0 Å². The Kier molecular flexibility index (Phi) is 6.22. The lowest BCUT2D eigenvalue weighted by Gasteiger charge is -2.17. The summed E-state index contributed by atoms with van der Waals surface area (Å²) in [6, 6.07) is 0.338. The quantitative estimate of drug-likeness (QED) is 0.632. The molecule has 3 atom stereocenters. The lowest BCUT2D eigenvalue weighted by Crippen LogP contribution is -2.29. The van der Waals surface area contributed by atoms with Gasteiger partial charge in [0.25, 0.3) is 0 Å². The molecule has 3 nitrogen and oxygen atoms in total. The summed E-state index contributed by atoms with van der Waals surface area (Å²) in [5.74, 6) is 0.727. The van der Waals surface area contributed by atoms with Gasteiger partial charge in [0.2, 0.25) is 0 Å². The van der Waals surface area contributed by atoms with E-state index in [-0.39, 0.29) is 0 Å². The van der Waals surface area contributed by atoms with Gasteiger partial charge in [-0.15, -0.1) is 0 Å². The minimum Gasteiger partial charge on any atom is -0.378 e. The van der Waals surface area contributed by atoms with E-state index in [1.807, 2.05) is 0 Å². The highest BCUT2D eigenvalue weighted by Gasteiger charge is 2.25. The fourth-order valence-corrected chi connectivity index (χ4v) is 2.21. The maximum absolute atomic E-state index is 5.69. The van der Waals surface area contributed by atoms with Gasteiger partial charge in [-0.1, -0.05) is 6.92 Å². The van der Waals surface area contributed by atoms with Gasteiger partial charge in [0, 0.05) is 19.2 Å². The van der Waals surface area contributed by atoms with Crippen molar-refractivity contribution in [2.75, 3.05) is 19.7 Å². The van der Waals surface area contributed by atoms with Gasteiger partial charge in [0.1, 0.15) is 0 Å². The zero-order chi connectivity index (χ0) is 11.1. The fourth-order valence-electron chi connectivity index (χ4n) is 2.21. The highest BCUT2D eigenvalue weighted by Crippen LogP contribution is 2.22. The highest BCUT2D eigenvalue weighted by molar-refractivity contribution is 4.76. The molecule has 1 aliphatic heterocycles. The Labute approximate surface area is 93.8 Å². The molecule has 1 heterocycles. The third kappa shape index (κ3) is 4.96. The molecular formula is C12H26N2O. The van der Waals surface area contributed by atoms with Crippen LogP contribution in [0.15, 0.2) is 0 Å². The van der Waals surface area contributed by atoms with Gasteiger partial charge >= 0.3 is 0 Å². The van der Waals surface area contributed by atoms with Crippen molar-refractivity contribution in [3.05, 3.63) is 0 Å². The van der Waals surface area contributed by atoms with Crippen LogP contribution in [0.25, 0.3) is 0 Å². The van der Waals surface area contributed by atoms with Crippen molar-refractivity contribution in [1.82, 2.24) is 5.32 Å². The molecular weight excluding hydrogens is 188 g/mol. The van der Waals surface area contributed by atoms with E-state index in [1.54, 1.807) is 0 Å². The van der Waals surface area contributed by atoms with Gasteiger partial charge in [-0.25, -0.2) is 0 Å². The maximum atomic E-state index is 5.69. The standard InChI is InChI=1S/C12H26N2O/c1-3-12-11(6-8-15-12)9-14-7-4-5-10(2)13/h10-12,14H,3-9,13H2,1-2H3. The van der Waals surface area contributed by atoms with Crippen LogP contribution in [0.2, 0.25) is 0 Å². The second-order valence-electron chi connectivity index (χ2n) is 4.69. The summed E-state index contributed by atoms with van der Waals surface area (Å²) in [7, 11) is 0. The first-order valence-electron chi connectivity index (χ1n) is 6.32. The molecule has 3 heteroatoms. The molecule has 1 saturated heterocycles. The number of rotatable bonds is 7. The summed E-state index contributed by atoms with van der Waals surface area (Å²) in [4.78, 5) is 0. The molecule has 0 spiro atoms. The Morgan fingerprint density at radius 3 is 3.00 bits per heavy atom.